The first-order valence-corrected chi connectivity index (χ1v) is 8.67. The van der Waals surface area contributed by atoms with Gasteiger partial charge in [-0.2, -0.15) is 0 Å². The Balaban J connectivity index is 1.96. The van der Waals surface area contributed by atoms with Crippen LogP contribution in [0.4, 0.5) is 0 Å². The average molecular weight is 324 g/mol. The van der Waals surface area contributed by atoms with Crippen LogP contribution in [-0.2, 0) is 14.4 Å². The van der Waals surface area contributed by atoms with Crippen LogP contribution in [0.25, 0.3) is 0 Å². The van der Waals surface area contributed by atoms with E-state index in [9.17, 15) is 14.4 Å². The smallest absolute Gasteiger partial charge is 0.305 e. The Morgan fingerprint density at radius 2 is 1.87 bits per heavy atom. The minimum atomic E-state index is -0.888. The molecule has 0 spiro atoms. The number of piperidine rings is 1. The molecule has 1 aliphatic carbocycles. The van der Waals surface area contributed by atoms with E-state index in [1.807, 2.05) is 18.7 Å². The lowest BCUT2D eigenvalue weighted by Crippen LogP contribution is -2.48. The maximum absolute atomic E-state index is 12.8. The van der Waals surface area contributed by atoms with Gasteiger partial charge >= 0.3 is 5.97 Å². The van der Waals surface area contributed by atoms with E-state index in [1.54, 1.807) is 4.90 Å². The van der Waals surface area contributed by atoms with Crippen LogP contribution >= 0.6 is 0 Å². The van der Waals surface area contributed by atoms with Crippen molar-refractivity contribution in [1.82, 2.24) is 9.80 Å². The van der Waals surface area contributed by atoms with Crippen molar-refractivity contribution >= 4 is 17.8 Å². The monoisotopic (exact) mass is 324 g/mol. The number of amides is 2. The van der Waals surface area contributed by atoms with Crippen molar-refractivity contribution in [1.29, 1.82) is 0 Å². The summed E-state index contributed by atoms with van der Waals surface area (Å²) >= 11 is 0. The van der Waals surface area contributed by atoms with Crippen molar-refractivity contribution in [3.05, 3.63) is 0 Å². The van der Waals surface area contributed by atoms with Crippen molar-refractivity contribution in [2.24, 2.45) is 17.8 Å². The van der Waals surface area contributed by atoms with E-state index < -0.39 is 5.97 Å². The number of rotatable bonds is 7. The molecule has 0 bridgehead atoms. The number of carbonyl (C=O) groups is 3. The number of aliphatic carboxylic acids is 1. The van der Waals surface area contributed by atoms with Crippen LogP contribution in [0.1, 0.15) is 46.0 Å². The molecule has 0 aromatic rings. The third-order valence-corrected chi connectivity index (χ3v) is 4.50. The fourth-order valence-corrected chi connectivity index (χ4v) is 3.19. The summed E-state index contributed by atoms with van der Waals surface area (Å²) in [5.74, 6) is -0.389. The Labute approximate surface area is 137 Å². The molecule has 23 heavy (non-hydrogen) atoms. The topological polar surface area (TPSA) is 77.9 Å². The highest BCUT2D eigenvalue weighted by molar-refractivity contribution is 5.83. The summed E-state index contributed by atoms with van der Waals surface area (Å²) in [6.07, 6.45) is 3.56. The molecule has 2 aliphatic rings. The number of nitrogens with zero attached hydrogens (tertiary/aromatic N) is 2. The number of likely N-dealkylation sites (tertiary alicyclic amines) is 1. The third-order valence-electron chi connectivity index (χ3n) is 4.50. The Bertz CT molecular complexity index is 460. The fraction of sp³-hybridized carbons (Fsp3) is 0.824. The Morgan fingerprint density at radius 1 is 1.17 bits per heavy atom. The van der Waals surface area contributed by atoms with Crippen LogP contribution in [0.15, 0.2) is 0 Å². The Hall–Kier alpha value is -1.59. The lowest BCUT2D eigenvalue weighted by atomic mass is 9.95. The Morgan fingerprint density at radius 3 is 2.43 bits per heavy atom. The number of carboxylic acids is 1. The van der Waals surface area contributed by atoms with Crippen LogP contribution in [0, 0.1) is 17.8 Å². The van der Waals surface area contributed by atoms with Crippen LogP contribution in [-0.4, -0.2) is 58.9 Å². The lowest BCUT2D eigenvalue weighted by Gasteiger charge is -2.35. The summed E-state index contributed by atoms with van der Waals surface area (Å²) in [6.45, 7) is 6.10. The number of carbonyl (C=O) groups excluding carboxylic acids is 2. The second kappa shape index (κ2) is 7.79. The van der Waals surface area contributed by atoms with Gasteiger partial charge in [0.2, 0.25) is 11.8 Å². The molecule has 2 fully saturated rings. The second-order valence-corrected chi connectivity index (χ2v) is 7.22. The van der Waals surface area contributed by atoms with Crippen LogP contribution in [0.2, 0.25) is 0 Å². The molecular formula is C17H28N2O4. The van der Waals surface area contributed by atoms with E-state index in [4.69, 9.17) is 5.11 Å². The molecule has 0 aromatic heterocycles. The summed E-state index contributed by atoms with van der Waals surface area (Å²) < 4.78 is 0. The van der Waals surface area contributed by atoms with E-state index in [2.05, 4.69) is 0 Å². The molecule has 130 valence electrons. The summed E-state index contributed by atoms with van der Waals surface area (Å²) in [6, 6.07) is 0. The molecule has 6 heteroatoms. The van der Waals surface area contributed by atoms with Crippen LogP contribution in [0.3, 0.4) is 0 Å². The van der Waals surface area contributed by atoms with Gasteiger partial charge in [-0.25, -0.2) is 0 Å². The van der Waals surface area contributed by atoms with Gasteiger partial charge in [0.25, 0.3) is 0 Å². The van der Waals surface area contributed by atoms with Crippen molar-refractivity contribution < 1.29 is 19.5 Å². The van der Waals surface area contributed by atoms with Gasteiger partial charge in [0.15, 0.2) is 0 Å². The van der Waals surface area contributed by atoms with Gasteiger partial charge in [0.1, 0.15) is 0 Å². The van der Waals surface area contributed by atoms with E-state index in [0.717, 1.165) is 32.2 Å². The molecule has 1 aliphatic heterocycles. The predicted octanol–water partition coefficient (Wildman–Crippen LogP) is 1.59. The maximum Gasteiger partial charge on any atom is 0.305 e. The highest BCUT2D eigenvalue weighted by atomic mass is 16.4. The van der Waals surface area contributed by atoms with E-state index >= 15 is 0 Å². The second-order valence-electron chi connectivity index (χ2n) is 7.22. The average Bonchev–Trinajstić information content (AvgIpc) is 3.34. The Kier molecular flexibility index (Phi) is 6.02. The molecule has 6 nitrogen and oxygen atoms in total. The summed E-state index contributed by atoms with van der Waals surface area (Å²) in [4.78, 5) is 39.3. The highest BCUT2D eigenvalue weighted by Crippen LogP contribution is 2.32. The minimum Gasteiger partial charge on any atom is -0.481 e. The van der Waals surface area contributed by atoms with E-state index in [0.29, 0.717) is 19.0 Å². The van der Waals surface area contributed by atoms with Gasteiger partial charge in [-0.1, -0.05) is 13.8 Å². The fourth-order valence-electron chi connectivity index (χ4n) is 3.19. The number of carboxylic acid groups (broad SMARTS) is 1. The molecule has 1 unspecified atom stereocenters. The quantitative estimate of drug-likeness (QED) is 0.771. The molecule has 1 saturated carbocycles. The van der Waals surface area contributed by atoms with Gasteiger partial charge < -0.3 is 14.9 Å². The third kappa shape index (κ3) is 5.22. The SMILES string of the molecule is CC(C)CN(CCC(=O)O)C(=O)C1CCCN(C(=O)C2CC2)C1. The molecule has 2 rings (SSSR count). The minimum absolute atomic E-state index is 0.00764. The number of hydrogen-bond acceptors (Lipinski definition) is 3. The zero-order chi connectivity index (χ0) is 17.0. The van der Waals surface area contributed by atoms with Crippen molar-refractivity contribution in [2.75, 3.05) is 26.2 Å². The lowest BCUT2D eigenvalue weighted by molar-refractivity contribution is -0.142. The molecule has 0 aromatic carbocycles. The van der Waals surface area contributed by atoms with Crippen molar-refractivity contribution in [3.8, 4) is 0 Å². The van der Waals surface area contributed by atoms with Gasteiger partial charge in [-0.15, -0.1) is 0 Å². The van der Waals surface area contributed by atoms with Crippen LogP contribution in [0.5, 0.6) is 0 Å². The summed E-state index contributed by atoms with van der Waals surface area (Å²) in [7, 11) is 0. The molecule has 1 N–H and O–H groups in total. The van der Waals surface area contributed by atoms with Crippen molar-refractivity contribution in [2.45, 2.75) is 46.0 Å². The molecule has 2 amide bonds. The van der Waals surface area contributed by atoms with Gasteiger partial charge in [0, 0.05) is 32.1 Å². The normalized spacial score (nSPS) is 21.3. The van der Waals surface area contributed by atoms with E-state index in [1.165, 1.54) is 0 Å². The van der Waals surface area contributed by atoms with E-state index in [-0.39, 0.29) is 36.6 Å². The molecular weight excluding hydrogens is 296 g/mol. The van der Waals surface area contributed by atoms with Crippen molar-refractivity contribution in [3.63, 3.8) is 0 Å². The predicted molar refractivity (Wildman–Crippen MR) is 85.7 cm³/mol. The van der Waals surface area contributed by atoms with Crippen LogP contribution < -0.4 is 0 Å². The first-order chi connectivity index (χ1) is 10.9. The zero-order valence-electron chi connectivity index (χ0n) is 14.2. The van der Waals surface area contributed by atoms with Gasteiger partial charge in [-0.05, 0) is 31.6 Å². The van der Waals surface area contributed by atoms with Gasteiger partial charge in [-0.3, -0.25) is 14.4 Å². The standard InChI is InChI=1S/C17H28N2O4/c1-12(2)10-19(9-7-15(20)21)17(23)14-4-3-8-18(11-14)16(22)13-5-6-13/h12-14H,3-11H2,1-2H3,(H,20,21). The van der Waals surface area contributed by atoms with Gasteiger partial charge in [0.05, 0.1) is 12.3 Å². The summed E-state index contributed by atoms with van der Waals surface area (Å²) in [5, 5.41) is 8.88. The first-order valence-electron chi connectivity index (χ1n) is 8.67. The molecule has 1 heterocycles. The summed E-state index contributed by atoms with van der Waals surface area (Å²) in [5.41, 5.74) is 0. The molecule has 1 saturated heterocycles. The molecule has 1 atom stereocenters. The number of hydrogen-bond donors (Lipinski definition) is 1. The maximum atomic E-state index is 12.8. The first kappa shape index (κ1) is 17.8. The zero-order valence-corrected chi connectivity index (χ0v) is 14.2. The molecule has 0 radical (unpaired) electrons. The largest absolute Gasteiger partial charge is 0.481 e. The highest BCUT2D eigenvalue weighted by Gasteiger charge is 2.37.